The Labute approximate surface area is 189 Å². The first-order valence-corrected chi connectivity index (χ1v) is 8.14. The number of nitrogens with zero attached hydrogens (tertiary/aromatic N) is 3. The number of aliphatic hydroxyl groups excluding tert-OH is 2. The van der Waals surface area contributed by atoms with Crippen LogP contribution >= 0.6 is 7.82 Å². The van der Waals surface area contributed by atoms with Crippen LogP contribution in [-0.2, 0) is 13.8 Å². The van der Waals surface area contributed by atoms with Crippen LogP contribution in [0, 0.1) is 0 Å². The van der Waals surface area contributed by atoms with Gasteiger partial charge in [0, 0.05) is 59.1 Å². The Balaban J connectivity index is 0.00000169. The number of phosphoric acid groups is 1. The maximum Gasteiger partial charge on any atom is 0.469 e. The third-order valence-corrected chi connectivity index (χ3v) is 3.95. The number of ether oxygens (including phenoxy) is 1. The number of H-pyrrole nitrogens is 1. The molecule has 13 nitrogen and oxygen atoms in total. The summed E-state index contributed by atoms with van der Waals surface area (Å²) in [6.45, 7) is -0.651. The molecule has 0 amide bonds. The normalized spacial score (nSPS) is 25.7. The zero-order chi connectivity index (χ0) is 17.6. The molecule has 26 heavy (non-hydrogen) atoms. The van der Waals surface area contributed by atoms with Crippen molar-refractivity contribution in [3.63, 3.8) is 0 Å². The van der Waals surface area contributed by atoms with E-state index in [2.05, 4.69) is 19.5 Å². The van der Waals surface area contributed by atoms with Gasteiger partial charge in [0.15, 0.2) is 17.4 Å². The molecule has 3 rings (SSSR count). The van der Waals surface area contributed by atoms with E-state index in [4.69, 9.17) is 20.3 Å². The minimum atomic E-state index is -4.76. The van der Waals surface area contributed by atoms with Gasteiger partial charge in [-0.25, -0.2) is 9.55 Å². The van der Waals surface area contributed by atoms with Crippen molar-refractivity contribution >= 4 is 84.0 Å². The van der Waals surface area contributed by atoms with Crippen molar-refractivity contribution in [3.8, 4) is 0 Å². The number of hydrogen-bond acceptors (Lipinski definition) is 9. The largest absolute Gasteiger partial charge is 0.469 e. The topological polar surface area (TPSA) is 206 Å². The van der Waals surface area contributed by atoms with Crippen molar-refractivity contribution in [1.29, 1.82) is 0 Å². The fourth-order valence-corrected chi connectivity index (χ4v) is 2.74. The summed E-state index contributed by atoms with van der Waals surface area (Å²) >= 11 is 0. The number of aromatic nitrogens is 4. The average Bonchev–Trinajstić information content (AvgIpc) is 3.00. The maximum absolute atomic E-state index is 11.7. The monoisotopic (exact) mass is 409 g/mol. The number of nitrogen functional groups attached to an aromatic ring is 1. The number of hydrogen-bond donors (Lipinski definition) is 6. The van der Waals surface area contributed by atoms with Crippen molar-refractivity contribution in [1.82, 2.24) is 19.5 Å². The second-order valence-corrected chi connectivity index (χ2v) is 6.35. The summed E-state index contributed by atoms with van der Waals surface area (Å²) in [7, 11) is -4.76. The number of nitrogens with two attached hydrogens (primary N) is 1. The summed E-state index contributed by atoms with van der Waals surface area (Å²) in [4.78, 5) is 39.1. The van der Waals surface area contributed by atoms with Gasteiger partial charge in [-0.15, -0.1) is 0 Å². The van der Waals surface area contributed by atoms with Gasteiger partial charge in [-0.2, -0.15) is 4.98 Å². The van der Waals surface area contributed by atoms with Crippen molar-refractivity contribution in [2.24, 2.45) is 0 Å². The zero-order valence-corrected chi connectivity index (χ0v) is 18.8. The van der Waals surface area contributed by atoms with Crippen molar-refractivity contribution in [2.45, 2.75) is 24.5 Å². The number of fused-ring (bicyclic) bond motifs is 1. The van der Waals surface area contributed by atoms with E-state index in [1.807, 2.05) is 0 Å². The van der Waals surface area contributed by atoms with Gasteiger partial charge in [-0.1, -0.05) is 0 Å². The summed E-state index contributed by atoms with van der Waals surface area (Å²) in [5.74, 6) is -0.177. The minimum absolute atomic E-state index is 0. The molecule has 2 aromatic heterocycles. The summed E-state index contributed by atoms with van der Waals surface area (Å²) in [5.41, 5.74) is 4.84. The Hall–Kier alpha value is 0.140. The standard InChI is InChI=1S/C10H14N5O8P.2Na/c11-10-13-7-4(8(18)14-10)12-2-15(7)9-6(17)5(16)3(23-9)1-22-24(19,20)21;;/h2-3,5-6,9,16-17H,1H2,(H2,19,20,21)(H3,11,13,14,18);;/t3-,5-,6-,9-;;/m1../s1. The van der Waals surface area contributed by atoms with E-state index in [0.717, 1.165) is 0 Å². The predicted octanol–water partition coefficient (Wildman–Crippen LogP) is -3.33. The molecule has 0 aliphatic carbocycles. The predicted molar refractivity (Wildman–Crippen MR) is 88.0 cm³/mol. The van der Waals surface area contributed by atoms with Gasteiger partial charge in [0.2, 0.25) is 5.95 Å². The number of anilines is 1. The average molecular weight is 409 g/mol. The minimum Gasteiger partial charge on any atom is -0.387 e. The van der Waals surface area contributed by atoms with Gasteiger partial charge < -0.3 is 30.5 Å². The first-order valence-electron chi connectivity index (χ1n) is 6.61. The van der Waals surface area contributed by atoms with E-state index < -0.39 is 44.5 Å². The van der Waals surface area contributed by atoms with Gasteiger partial charge in [-0.3, -0.25) is 18.9 Å². The molecule has 1 aliphatic rings. The number of rotatable bonds is 4. The quantitative estimate of drug-likeness (QED) is 0.217. The number of phosphoric ester groups is 1. The second-order valence-electron chi connectivity index (χ2n) is 5.11. The number of imidazole rings is 1. The molecule has 134 valence electrons. The van der Waals surface area contributed by atoms with Crippen LogP contribution in [0.3, 0.4) is 0 Å². The fourth-order valence-electron chi connectivity index (χ4n) is 2.40. The van der Waals surface area contributed by atoms with E-state index in [9.17, 15) is 19.6 Å². The zero-order valence-electron chi connectivity index (χ0n) is 13.9. The number of nitrogens with one attached hydrogen (secondary N) is 1. The van der Waals surface area contributed by atoms with Crippen molar-refractivity contribution < 1.29 is 33.8 Å². The summed E-state index contributed by atoms with van der Waals surface area (Å²) in [6.07, 6.45) is -4.22. The Morgan fingerprint density at radius 1 is 1.35 bits per heavy atom. The molecule has 0 aromatic carbocycles. The third-order valence-electron chi connectivity index (χ3n) is 3.47. The number of aliphatic hydroxyl groups is 2. The summed E-state index contributed by atoms with van der Waals surface area (Å²) in [5, 5.41) is 20.1. The van der Waals surface area contributed by atoms with Crippen LogP contribution in [0.5, 0.6) is 0 Å². The van der Waals surface area contributed by atoms with E-state index >= 15 is 0 Å². The Morgan fingerprint density at radius 3 is 2.62 bits per heavy atom. The van der Waals surface area contributed by atoms with Gasteiger partial charge in [0.1, 0.15) is 18.3 Å². The van der Waals surface area contributed by atoms with E-state index in [-0.39, 0.29) is 76.2 Å². The molecule has 1 fully saturated rings. The van der Waals surface area contributed by atoms with Gasteiger partial charge in [-0.05, 0) is 0 Å². The molecule has 2 aromatic rings. The molecule has 0 bridgehead atoms. The molecule has 2 radical (unpaired) electrons. The third kappa shape index (κ3) is 4.94. The van der Waals surface area contributed by atoms with Crippen LogP contribution in [0.4, 0.5) is 5.95 Å². The SMILES string of the molecule is Nc1nc2c(ncn2[C@@H]2O[C@H](COP(=O)(O)O)[C@@H](O)[C@H]2O)c(=O)[nH]1.[Na].[Na]. The molecule has 1 saturated heterocycles. The molecular weight excluding hydrogens is 395 g/mol. The molecular formula is C10H14N5Na2O8P. The fraction of sp³-hybridized carbons (Fsp3) is 0.500. The summed E-state index contributed by atoms with van der Waals surface area (Å²) in [6, 6.07) is 0. The second kappa shape index (κ2) is 9.09. The van der Waals surface area contributed by atoms with Crippen LogP contribution in [0.1, 0.15) is 6.23 Å². The first kappa shape index (κ1) is 24.2. The molecule has 16 heteroatoms. The van der Waals surface area contributed by atoms with Crippen LogP contribution in [0.25, 0.3) is 11.2 Å². The van der Waals surface area contributed by atoms with Crippen LogP contribution in [0.2, 0.25) is 0 Å². The molecule has 4 atom stereocenters. The van der Waals surface area contributed by atoms with Crippen LogP contribution in [0.15, 0.2) is 11.1 Å². The molecule has 7 N–H and O–H groups in total. The van der Waals surface area contributed by atoms with E-state index in [0.29, 0.717) is 0 Å². The van der Waals surface area contributed by atoms with Crippen LogP contribution in [-0.4, -0.2) is 124 Å². The Kier molecular flexibility index (Phi) is 8.46. The Morgan fingerprint density at radius 2 is 2.00 bits per heavy atom. The van der Waals surface area contributed by atoms with Gasteiger partial charge in [0.25, 0.3) is 5.56 Å². The van der Waals surface area contributed by atoms with Gasteiger partial charge in [0.05, 0.1) is 12.9 Å². The van der Waals surface area contributed by atoms with Crippen molar-refractivity contribution in [2.75, 3.05) is 12.3 Å². The maximum atomic E-state index is 11.7. The molecule has 0 saturated carbocycles. The molecule has 1 aliphatic heterocycles. The molecule has 0 spiro atoms. The van der Waals surface area contributed by atoms with E-state index in [1.54, 1.807) is 0 Å². The van der Waals surface area contributed by atoms with Crippen LogP contribution < -0.4 is 11.3 Å². The first-order chi connectivity index (χ1) is 11.2. The molecule has 3 heterocycles. The Bertz CT molecular complexity index is 871. The summed E-state index contributed by atoms with van der Waals surface area (Å²) < 4.78 is 21.6. The van der Waals surface area contributed by atoms with Crippen molar-refractivity contribution in [3.05, 3.63) is 16.7 Å². The molecule has 0 unspecified atom stereocenters. The smallest absolute Gasteiger partial charge is 0.387 e. The number of aromatic amines is 1. The van der Waals surface area contributed by atoms with Gasteiger partial charge >= 0.3 is 7.82 Å². The van der Waals surface area contributed by atoms with E-state index in [1.165, 1.54) is 10.9 Å².